The Hall–Kier alpha value is -2.36. The van der Waals surface area contributed by atoms with Crippen LogP contribution in [0.15, 0.2) is 60.7 Å². The second-order valence-corrected chi connectivity index (χ2v) is 4.52. The van der Waals surface area contributed by atoms with E-state index >= 15 is 0 Å². The highest BCUT2D eigenvalue weighted by atomic mass is 19.3. The SMILES string of the molecule is Oc1ccc(CC(C=C(F)F)c2ccc(O)cc2)cc1. The van der Waals surface area contributed by atoms with E-state index in [4.69, 9.17) is 0 Å². The molecular formula is C16H14F2O2. The molecule has 1 atom stereocenters. The first-order chi connectivity index (χ1) is 9.54. The summed E-state index contributed by atoms with van der Waals surface area (Å²) in [7, 11) is 0. The second-order valence-electron chi connectivity index (χ2n) is 4.52. The normalized spacial score (nSPS) is 11.9. The molecule has 4 heteroatoms. The Balaban J connectivity index is 2.26. The Labute approximate surface area is 115 Å². The molecule has 0 saturated carbocycles. The van der Waals surface area contributed by atoms with E-state index in [0.717, 1.165) is 11.6 Å². The number of aromatic hydroxyl groups is 2. The van der Waals surface area contributed by atoms with Crippen molar-refractivity contribution in [3.8, 4) is 11.5 Å². The minimum Gasteiger partial charge on any atom is -0.508 e. The lowest BCUT2D eigenvalue weighted by molar-refractivity contribution is 0.414. The largest absolute Gasteiger partial charge is 0.508 e. The Bertz CT molecular complexity index is 585. The van der Waals surface area contributed by atoms with Crippen molar-refractivity contribution >= 4 is 0 Å². The summed E-state index contributed by atoms with van der Waals surface area (Å²) >= 11 is 0. The van der Waals surface area contributed by atoms with Crippen molar-refractivity contribution in [3.63, 3.8) is 0 Å². The van der Waals surface area contributed by atoms with Crippen LogP contribution < -0.4 is 0 Å². The molecule has 0 aliphatic heterocycles. The number of hydrogen-bond acceptors (Lipinski definition) is 2. The maximum Gasteiger partial charge on any atom is 0.266 e. The van der Waals surface area contributed by atoms with Crippen molar-refractivity contribution in [1.82, 2.24) is 0 Å². The van der Waals surface area contributed by atoms with Gasteiger partial charge in [0.2, 0.25) is 0 Å². The van der Waals surface area contributed by atoms with Gasteiger partial charge in [0, 0.05) is 5.92 Å². The van der Waals surface area contributed by atoms with Gasteiger partial charge >= 0.3 is 0 Å². The first kappa shape index (κ1) is 14.1. The molecule has 0 spiro atoms. The number of phenols is 2. The van der Waals surface area contributed by atoms with Gasteiger partial charge in [-0.05, 0) is 47.9 Å². The van der Waals surface area contributed by atoms with E-state index < -0.39 is 12.0 Å². The minimum absolute atomic E-state index is 0.0989. The van der Waals surface area contributed by atoms with Crippen LogP contribution in [0.2, 0.25) is 0 Å². The van der Waals surface area contributed by atoms with E-state index in [-0.39, 0.29) is 11.5 Å². The number of hydrogen-bond donors (Lipinski definition) is 2. The average molecular weight is 276 g/mol. The molecule has 0 radical (unpaired) electrons. The van der Waals surface area contributed by atoms with Gasteiger partial charge in [0.05, 0.1) is 0 Å². The maximum atomic E-state index is 12.6. The van der Waals surface area contributed by atoms with E-state index in [1.807, 2.05) is 0 Å². The lowest BCUT2D eigenvalue weighted by atomic mass is 9.92. The number of rotatable bonds is 4. The molecular weight excluding hydrogens is 262 g/mol. The minimum atomic E-state index is -1.73. The van der Waals surface area contributed by atoms with Crippen LogP contribution in [-0.2, 0) is 6.42 Å². The lowest BCUT2D eigenvalue weighted by Crippen LogP contribution is -2.00. The van der Waals surface area contributed by atoms with Crippen LogP contribution in [0.5, 0.6) is 11.5 Å². The highest BCUT2D eigenvalue weighted by Gasteiger charge is 2.12. The van der Waals surface area contributed by atoms with Gasteiger partial charge < -0.3 is 10.2 Å². The van der Waals surface area contributed by atoms with E-state index in [0.29, 0.717) is 12.0 Å². The summed E-state index contributed by atoms with van der Waals surface area (Å²) in [6.07, 6.45) is -0.441. The third-order valence-corrected chi connectivity index (χ3v) is 3.04. The van der Waals surface area contributed by atoms with Gasteiger partial charge in [0.25, 0.3) is 6.08 Å². The molecule has 2 N–H and O–H groups in total. The van der Waals surface area contributed by atoms with Gasteiger partial charge in [-0.25, -0.2) is 0 Å². The fraction of sp³-hybridized carbons (Fsp3) is 0.125. The zero-order chi connectivity index (χ0) is 14.5. The van der Waals surface area contributed by atoms with Crippen LogP contribution in [0.4, 0.5) is 8.78 Å². The van der Waals surface area contributed by atoms with E-state index in [1.165, 1.54) is 24.3 Å². The van der Waals surface area contributed by atoms with Crippen molar-refractivity contribution in [1.29, 1.82) is 0 Å². The quantitative estimate of drug-likeness (QED) is 0.878. The Morgan fingerprint density at radius 1 is 0.900 bits per heavy atom. The fourth-order valence-electron chi connectivity index (χ4n) is 2.03. The van der Waals surface area contributed by atoms with Crippen molar-refractivity contribution in [2.24, 2.45) is 0 Å². The standard InChI is InChI=1S/C16H14F2O2/c17-16(18)10-13(12-3-7-15(20)8-4-12)9-11-1-5-14(19)6-2-11/h1-8,10,13,19-20H,9H2. The van der Waals surface area contributed by atoms with Crippen LogP contribution in [0.25, 0.3) is 0 Å². The molecule has 2 aromatic rings. The van der Waals surface area contributed by atoms with Gasteiger partial charge in [-0.3, -0.25) is 0 Å². The summed E-state index contributed by atoms with van der Waals surface area (Å²) in [5.41, 5.74) is 1.54. The van der Waals surface area contributed by atoms with Gasteiger partial charge in [0.1, 0.15) is 11.5 Å². The Morgan fingerprint density at radius 3 is 1.90 bits per heavy atom. The predicted octanol–water partition coefficient (Wildman–Crippen LogP) is 4.20. The van der Waals surface area contributed by atoms with E-state index in [9.17, 15) is 19.0 Å². The van der Waals surface area contributed by atoms with Crippen LogP contribution in [0.3, 0.4) is 0 Å². The number of halogens is 2. The third-order valence-electron chi connectivity index (χ3n) is 3.04. The molecule has 20 heavy (non-hydrogen) atoms. The molecule has 2 nitrogen and oxygen atoms in total. The smallest absolute Gasteiger partial charge is 0.266 e. The summed E-state index contributed by atoms with van der Waals surface area (Å²) in [6, 6.07) is 12.7. The topological polar surface area (TPSA) is 40.5 Å². The summed E-state index contributed by atoms with van der Waals surface area (Å²) in [5.74, 6) is -0.242. The molecule has 2 rings (SSSR count). The van der Waals surface area contributed by atoms with Crippen molar-refractivity contribution in [2.45, 2.75) is 12.3 Å². The van der Waals surface area contributed by atoms with Gasteiger partial charge in [-0.1, -0.05) is 24.3 Å². The van der Waals surface area contributed by atoms with Crippen LogP contribution in [-0.4, -0.2) is 10.2 Å². The number of phenolic OH excluding ortho intramolecular Hbond substituents is 2. The lowest BCUT2D eigenvalue weighted by Gasteiger charge is -2.13. The molecule has 0 aliphatic rings. The zero-order valence-electron chi connectivity index (χ0n) is 10.6. The summed E-state index contributed by atoms with van der Waals surface area (Å²) in [6.45, 7) is 0. The van der Waals surface area contributed by atoms with Gasteiger partial charge in [0.15, 0.2) is 0 Å². The summed E-state index contributed by atoms with van der Waals surface area (Å²) in [4.78, 5) is 0. The molecule has 0 fully saturated rings. The highest BCUT2D eigenvalue weighted by molar-refractivity contribution is 5.34. The molecule has 104 valence electrons. The molecule has 0 amide bonds. The van der Waals surface area contributed by atoms with E-state index in [1.54, 1.807) is 24.3 Å². The fourth-order valence-corrected chi connectivity index (χ4v) is 2.03. The molecule has 0 heterocycles. The average Bonchev–Trinajstić information content (AvgIpc) is 2.41. The van der Waals surface area contributed by atoms with Crippen LogP contribution in [0.1, 0.15) is 17.0 Å². The first-order valence-corrected chi connectivity index (χ1v) is 6.14. The molecule has 0 saturated heterocycles. The molecule has 0 aliphatic carbocycles. The predicted molar refractivity (Wildman–Crippen MR) is 73.0 cm³/mol. The summed E-state index contributed by atoms with van der Waals surface area (Å²) < 4.78 is 25.2. The zero-order valence-corrected chi connectivity index (χ0v) is 10.6. The molecule has 0 aromatic heterocycles. The number of benzene rings is 2. The monoisotopic (exact) mass is 276 g/mol. The molecule has 2 aromatic carbocycles. The number of allylic oxidation sites excluding steroid dienone is 1. The van der Waals surface area contributed by atoms with Crippen molar-refractivity contribution in [3.05, 3.63) is 71.8 Å². The second kappa shape index (κ2) is 6.19. The molecule has 1 unspecified atom stereocenters. The Morgan fingerprint density at radius 2 is 1.40 bits per heavy atom. The first-order valence-electron chi connectivity index (χ1n) is 6.14. The van der Waals surface area contributed by atoms with Gasteiger partial charge in [-0.2, -0.15) is 8.78 Å². The summed E-state index contributed by atoms with van der Waals surface area (Å²) in [5, 5.41) is 18.5. The maximum absolute atomic E-state index is 12.6. The van der Waals surface area contributed by atoms with Crippen molar-refractivity contribution in [2.75, 3.05) is 0 Å². The van der Waals surface area contributed by atoms with Gasteiger partial charge in [-0.15, -0.1) is 0 Å². The van der Waals surface area contributed by atoms with Crippen LogP contribution in [0, 0.1) is 0 Å². The highest BCUT2D eigenvalue weighted by Crippen LogP contribution is 2.26. The molecule has 0 bridgehead atoms. The Kier molecular flexibility index (Phi) is 4.35. The van der Waals surface area contributed by atoms with E-state index in [2.05, 4.69) is 0 Å². The third kappa shape index (κ3) is 3.82. The van der Waals surface area contributed by atoms with Crippen molar-refractivity contribution < 1.29 is 19.0 Å². The van der Waals surface area contributed by atoms with Crippen LogP contribution >= 0.6 is 0 Å².